The number of aromatic nitrogens is 2. The molecule has 1 aliphatic carbocycles. The molecule has 4 heteroatoms. The Hall–Kier alpha value is -0.540. The molecule has 3 nitrogen and oxygen atoms in total. The summed E-state index contributed by atoms with van der Waals surface area (Å²) in [7, 11) is 0. The van der Waals surface area contributed by atoms with Gasteiger partial charge in [-0.15, -0.1) is 0 Å². The first-order valence-electron chi connectivity index (χ1n) is 6.12. The molecule has 0 aliphatic heterocycles. The highest BCUT2D eigenvalue weighted by Crippen LogP contribution is 2.41. The quantitative estimate of drug-likeness (QED) is 0.885. The Morgan fingerprint density at radius 1 is 1.56 bits per heavy atom. The maximum Gasteiger partial charge on any atom is 0.0820 e. The normalized spacial score (nSPS) is 29.9. The summed E-state index contributed by atoms with van der Waals surface area (Å²) in [6.45, 7) is 5.33. The lowest BCUT2D eigenvalue weighted by Crippen LogP contribution is -2.25. The lowest BCUT2D eigenvalue weighted by molar-refractivity contribution is 0.444. The summed E-state index contributed by atoms with van der Waals surface area (Å²) in [6.07, 6.45) is 5.08. The molecule has 3 unspecified atom stereocenters. The molecular weight excluding hydrogens is 222 g/mol. The summed E-state index contributed by atoms with van der Waals surface area (Å²) in [6, 6.07) is 0.311. The fraction of sp³-hybridized carbons (Fsp3) is 0.750. The van der Waals surface area contributed by atoms with Crippen molar-refractivity contribution in [1.29, 1.82) is 0 Å². The first kappa shape index (κ1) is 11.9. The molecule has 1 aliphatic rings. The third kappa shape index (κ3) is 1.98. The number of rotatable bonds is 3. The highest BCUT2D eigenvalue weighted by molar-refractivity contribution is 6.31. The van der Waals surface area contributed by atoms with Gasteiger partial charge in [0, 0.05) is 18.5 Å². The lowest BCUT2D eigenvalue weighted by Gasteiger charge is -2.19. The molecule has 2 N–H and O–H groups in total. The molecule has 1 fully saturated rings. The van der Waals surface area contributed by atoms with Gasteiger partial charge >= 0.3 is 0 Å². The van der Waals surface area contributed by atoms with Crippen molar-refractivity contribution in [3.63, 3.8) is 0 Å². The topological polar surface area (TPSA) is 43.8 Å². The molecule has 0 saturated heterocycles. The second kappa shape index (κ2) is 4.76. The van der Waals surface area contributed by atoms with Crippen molar-refractivity contribution in [1.82, 2.24) is 9.78 Å². The van der Waals surface area contributed by atoms with Crippen molar-refractivity contribution < 1.29 is 0 Å². The number of hydrogen-bond acceptors (Lipinski definition) is 2. The van der Waals surface area contributed by atoms with Crippen LogP contribution in [-0.2, 0) is 6.54 Å². The Bertz CT molecular complexity index is 361. The minimum atomic E-state index is 0.311. The largest absolute Gasteiger partial charge is 0.327 e. The summed E-state index contributed by atoms with van der Waals surface area (Å²) >= 11 is 6.25. The Labute approximate surface area is 102 Å². The van der Waals surface area contributed by atoms with E-state index in [1.807, 2.05) is 0 Å². The number of nitrogens with two attached hydrogens (primary N) is 1. The van der Waals surface area contributed by atoms with Crippen LogP contribution >= 0.6 is 11.6 Å². The average molecular weight is 242 g/mol. The monoisotopic (exact) mass is 241 g/mol. The predicted molar refractivity (Wildman–Crippen MR) is 66.6 cm³/mol. The summed E-state index contributed by atoms with van der Waals surface area (Å²) < 4.78 is 2.06. The van der Waals surface area contributed by atoms with Gasteiger partial charge in [-0.3, -0.25) is 4.68 Å². The second-order valence-corrected chi connectivity index (χ2v) is 5.21. The van der Waals surface area contributed by atoms with Gasteiger partial charge in [-0.05, 0) is 25.2 Å². The third-order valence-corrected chi connectivity index (χ3v) is 4.03. The summed E-state index contributed by atoms with van der Waals surface area (Å²) in [5.41, 5.74) is 7.27. The summed E-state index contributed by atoms with van der Waals surface area (Å²) in [5.74, 6) is 0.987. The molecule has 0 aromatic carbocycles. The maximum absolute atomic E-state index is 6.25. The van der Waals surface area contributed by atoms with Gasteiger partial charge in [-0.1, -0.05) is 25.4 Å². The van der Waals surface area contributed by atoms with Gasteiger partial charge in [-0.2, -0.15) is 5.10 Å². The van der Waals surface area contributed by atoms with Gasteiger partial charge in [0.25, 0.3) is 0 Å². The number of hydrogen-bond donors (Lipinski definition) is 1. The molecule has 1 heterocycles. The molecule has 0 bridgehead atoms. The van der Waals surface area contributed by atoms with E-state index in [0.717, 1.165) is 30.8 Å². The minimum Gasteiger partial charge on any atom is -0.327 e. The van der Waals surface area contributed by atoms with Crippen molar-refractivity contribution in [3.8, 4) is 0 Å². The molecule has 1 aromatic rings. The van der Waals surface area contributed by atoms with Gasteiger partial charge in [-0.25, -0.2) is 0 Å². The summed E-state index contributed by atoms with van der Waals surface area (Å²) in [5, 5.41) is 5.16. The lowest BCUT2D eigenvalue weighted by atomic mass is 9.93. The van der Waals surface area contributed by atoms with Gasteiger partial charge in [0.1, 0.15) is 0 Å². The van der Waals surface area contributed by atoms with Crippen LogP contribution in [0.25, 0.3) is 0 Å². The molecule has 90 valence electrons. The fourth-order valence-corrected chi connectivity index (χ4v) is 2.99. The highest BCUT2D eigenvalue weighted by Gasteiger charge is 2.34. The zero-order valence-corrected chi connectivity index (χ0v) is 10.7. The Balaban J connectivity index is 2.28. The molecule has 2 rings (SSSR count). The van der Waals surface area contributed by atoms with Crippen molar-refractivity contribution in [2.75, 3.05) is 0 Å². The molecule has 0 amide bonds. The van der Waals surface area contributed by atoms with E-state index in [1.165, 1.54) is 5.69 Å². The van der Waals surface area contributed by atoms with E-state index in [0.29, 0.717) is 17.9 Å². The van der Waals surface area contributed by atoms with E-state index in [-0.39, 0.29) is 0 Å². The van der Waals surface area contributed by atoms with Crippen LogP contribution in [0.4, 0.5) is 0 Å². The van der Waals surface area contributed by atoms with Crippen LogP contribution < -0.4 is 5.73 Å². The van der Waals surface area contributed by atoms with E-state index in [9.17, 15) is 0 Å². The second-order valence-electron chi connectivity index (χ2n) is 4.81. The number of halogens is 1. The minimum absolute atomic E-state index is 0.311. The Morgan fingerprint density at radius 2 is 2.31 bits per heavy atom. The van der Waals surface area contributed by atoms with Crippen LogP contribution in [0.15, 0.2) is 6.20 Å². The van der Waals surface area contributed by atoms with Crippen molar-refractivity contribution >= 4 is 11.6 Å². The smallest absolute Gasteiger partial charge is 0.0820 e. The number of aryl methyl sites for hydroxylation is 1. The van der Waals surface area contributed by atoms with Gasteiger partial charge < -0.3 is 5.73 Å². The average Bonchev–Trinajstić information content (AvgIpc) is 2.75. The Kier molecular flexibility index (Phi) is 3.55. The van der Waals surface area contributed by atoms with Crippen molar-refractivity contribution in [3.05, 3.63) is 16.9 Å². The molecule has 1 aromatic heterocycles. The van der Waals surface area contributed by atoms with Gasteiger partial charge in [0.15, 0.2) is 0 Å². The molecule has 3 atom stereocenters. The van der Waals surface area contributed by atoms with Crippen LogP contribution in [0, 0.1) is 5.92 Å². The van der Waals surface area contributed by atoms with Crippen LogP contribution in [0.1, 0.15) is 44.7 Å². The molecule has 0 spiro atoms. The van der Waals surface area contributed by atoms with Crippen LogP contribution in [0.5, 0.6) is 0 Å². The fourth-order valence-electron chi connectivity index (χ4n) is 2.71. The van der Waals surface area contributed by atoms with Crippen molar-refractivity contribution in [2.24, 2.45) is 11.7 Å². The van der Waals surface area contributed by atoms with E-state index >= 15 is 0 Å². The van der Waals surface area contributed by atoms with Crippen molar-refractivity contribution in [2.45, 2.75) is 51.6 Å². The first-order chi connectivity index (χ1) is 7.65. The van der Waals surface area contributed by atoms with Crippen LogP contribution in [0.3, 0.4) is 0 Å². The van der Waals surface area contributed by atoms with Gasteiger partial charge in [0.05, 0.1) is 16.9 Å². The van der Waals surface area contributed by atoms with E-state index in [2.05, 4.69) is 23.6 Å². The highest BCUT2D eigenvalue weighted by atomic mass is 35.5. The molecular formula is C12H20ClN3. The third-order valence-electron chi connectivity index (χ3n) is 3.74. The molecule has 0 radical (unpaired) electrons. The molecule has 1 saturated carbocycles. The van der Waals surface area contributed by atoms with Gasteiger partial charge in [0.2, 0.25) is 0 Å². The van der Waals surface area contributed by atoms with E-state index in [1.54, 1.807) is 6.20 Å². The first-order valence-corrected chi connectivity index (χ1v) is 6.49. The zero-order valence-electron chi connectivity index (χ0n) is 9.99. The summed E-state index contributed by atoms with van der Waals surface area (Å²) in [4.78, 5) is 0. The predicted octanol–water partition coefficient (Wildman–Crippen LogP) is 2.79. The molecule has 16 heavy (non-hydrogen) atoms. The zero-order chi connectivity index (χ0) is 11.7. The standard InChI is InChI=1S/C12H20ClN3/c1-3-6-16-12(10(13)7-15-16)9-4-5-11(14)8(9)2/h7-9,11H,3-6,14H2,1-2H3. The number of nitrogens with zero attached hydrogens (tertiary/aromatic N) is 2. The SMILES string of the molecule is CCCn1ncc(Cl)c1C1CCC(N)C1C. The van der Waals surface area contributed by atoms with E-state index < -0.39 is 0 Å². The van der Waals surface area contributed by atoms with E-state index in [4.69, 9.17) is 17.3 Å². The van der Waals surface area contributed by atoms with Crippen LogP contribution in [-0.4, -0.2) is 15.8 Å². The maximum atomic E-state index is 6.25. The van der Waals surface area contributed by atoms with Crippen LogP contribution in [0.2, 0.25) is 5.02 Å². The Morgan fingerprint density at radius 3 is 2.88 bits per heavy atom.